The van der Waals surface area contributed by atoms with E-state index in [1.807, 2.05) is 36.4 Å². The second kappa shape index (κ2) is 10.3. The molecule has 0 unspecified atom stereocenters. The third-order valence-electron chi connectivity index (χ3n) is 4.87. The topological polar surface area (TPSA) is 69.0 Å². The van der Waals surface area contributed by atoms with Crippen molar-refractivity contribution in [2.45, 2.75) is 13.1 Å². The summed E-state index contributed by atoms with van der Waals surface area (Å²) in [6.45, 7) is 0.299. The van der Waals surface area contributed by atoms with Crippen LogP contribution in [0.5, 0.6) is 5.75 Å². The number of methoxy groups -OCH3 is 1. The van der Waals surface area contributed by atoms with Crippen LogP contribution in [-0.2, 0) is 17.9 Å². The fourth-order valence-corrected chi connectivity index (χ4v) is 3.88. The van der Waals surface area contributed by atoms with Gasteiger partial charge in [0.25, 0.3) is 0 Å². The molecule has 0 bridgehead atoms. The molecule has 168 valence electrons. The van der Waals surface area contributed by atoms with Gasteiger partial charge in [0, 0.05) is 27.7 Å². The standard InChI is InChI=1S/C24H19Cl3N4O2/c1-33-19-4-2-3-15(11-19)13-28-22(32)14-31-29-23(16-5-7-17(25)8-6-16)24(30-31)20-10-9-18(26)12-21(20)27/h2-12H,13-14H2,1H3,(H,28,32). The highest BCUT2D eigenvalue weighted by Gasteiger charge is 2.19. The van der Waals surface area contributed by atoms with Gasteiger partial charge in [0.05, 0.1) is 12.1 Å². The van der Waals surface area contributed by atoms with E-state index in [1.54, 1.807) is 37.4 Å². The summed E-state index contributed by atoms with van der Waals surface area (Å²) in [5.41, 5.74) is 3.50. The number of rotatable bonds is 7. The third-order valence-corrected chi connectivity index (χ3v) is 5.67. The zero-order valence-electron chi connectivity index (χ0n) is 17.6. The SMILES string of the molecule is COc1cccc(CNC(=O)Cn2nc(-c3ccc(Cl)cc3)c(-c3ccc(Cl)cc3Cl)n2)c1. The molecule has 0 spiro atoms. The highest BCUT2D eigenvalue weighted by Crippen LogP contribution is 2.35. The largest absolute Gasteiger partial charge is 0.497 e. The van der Waals surface area contributed by atoms with E-state index in [9.17, 15) is 4.79 Å². The number of aromatic nitrogens is 3. The molecule has 0 aliphatic rings. The summed E-state index contributed by atoms with van der Waals surface area (Å²) in [5, 5.41) is 13.6. The number of hydrogen-bond donors (Lipinski definition) is 1. The number of hydrogen-bond acceptors (Lipinski definition) is 4. The Bertz CT molecular complexity index is 1290. The summed E-state index contributed by atoms with van der Waals surface area (Å²) < 4.78 is 5.22. The number of amides is 1. The molecule has 0 saturated heterocycles. The minimum Gasteiger partial charge on any atom is -0.497 e. The zero-order valence-corrected chi connectivity index (χ0v) is 19.8. The number of nitrogens with one attached hydrogen (secondary N) is 1. The minimum absolute atomic E-state index is 0.0598. The Morgan fingerprint density at radius 2 is 1.67 bits per heavy atom. The van der Waals surface area contributed by atoms with Crippen LogP contribution < -0.4 is 10.1 Å². The van der Waals surface area contributed by atoms with Gasteiger partial charge in [-0.1, -0.05) is 59.1 Å². The minimum atomic E-state index is -0.232. The van der Waals surface area contributed by atoms with E-state index in [4.69, 9.17) is 39.5 Å². The molecule has 0 atom stereocenters. The lowest BCUT2D eigenvalue weighted by molar-refractivity contribution is -0.122. The summed E-state index contributed by atoms with van der Waals surface area (Å²) >= 11 is 18.5. The predicted octanol–water partition coefficient (Wildman–Crippen LogP) is 5.90. The van der Waals surface area contributed by atoms with Crippen LogP contribution in [0.3, 0.4) is 0 Å². The van der Waals surface area contributed by atoms with Gasteiger partial charge < -0.3 is 10.1 Å². The van der Waals surface area contributed by atoms with Gasteiger partial charge in [-0.15, -0.1) is 0 Å². The van der Waals surface area contributed by atoms with Crippen LogP contribution in [0, 0.1) is 0 Å². The van der Waals surface area contributed by atoms with Crippen molar-refractivity contribution < 1.29 is 9.53 Å². The third kappa shape index (κ3) is 5.66. The van der Waals surface area contributed by atoms with E-state index in [1.165, 1.54) is 4.80 Å². The molecule has 9 heteroatoms. The van der Waals surface area contributed by atoms with Crippen LogP contribution in [0.25, 0.3) is 22.5 Å². The van der Waals surface area contributed by atoms with Crippen LogP contribution in [0.15, 0.2) is 66.7 Å². The van der Waals surface area contributed by atoms with Gasteiger partial charge in [0.1, 0.15) is 23.7 Å². The highest BCUT2D eigenvalue weighted by atomic mass is 35.5. The van der Waals surface area contributed by atoms with Crippen molar-refractivity contribution >= 4 is 40.7 Å². The smallest absolute Gasteiger partial charge is 0.243 e. The van der Waals surface area contributed by atoms with Gasteiger partial charge in [-0.3, -0.25) is 4.79 Å². The fourth-order valence-electron chi connectivity index (χ4n) is 3.25. The van der Waals surface area contributed by atoms with E-state index in [2.05, 4.69) is 15.5 Å². The average Bonchev–Trinajstić information content (AvgIpc) is 3.21. The van der Waals surface area contributed by atoms with Gasteiger partial charge >= 0.3 is 0 Å². The zero-order chi connectivity index (χ0) is 23.4. The van der Waals surface area contributed by atoms with Crippen LogP contribution >= 0.6 is 34.8 Å². The van der Waals surface area contributed by atoms with Crippen LogP contribution in [0.1, 0.15) is 5.56 Å². The van der Waals surface area contributed by atoms with Gasteiger partial charge in [-0.05, 0) is 48.0 Å². The lowest BCUT2D eigenvalue weighted by atomic mass is 10.1. The van der Waals surface area contributed by atoms with Gasteiger partial charge in [0.15, 0.2) is 0 Å². The molecule has 4 rings (SSSR count). The normalized spacial score (nSPS) is 10.8. The molecule has 3 aromatic carbocycles. The molecule has 0 aliphatic carbocycles. The molecular weight excluding hydrogens is 483 g/mol. The predicted molar refractivity (Wildman–Crippen MR) is 131 cm³/mol. The van der Waals surface area contributed by atoms with Gasteiger partial charge in [-0.2, -0.15) is 15.0 Å². The van der Waals surface area contributed by atoms with Crippen molar-refractivity contribution in [3.8, 4) is 28.3 Å². The van der Waals surface area contributed by atoms with Crippen molar-refractivity contribution in [1.82, 2.24) is 20.3 Å². The maximum absolute atomic E-state index is 12.6. The quantitative estimate of drug-likeness (QED) is 0.342. The second-order valence-corrected chi connectivity index (χ2v) is 8.47. The number of nitrogens with zero attached hydrogens (tertiary/aromatic N) is 3. The maximum atomic E-state index is 12.6. The van der Waals surface area contributed by atoms with Crippen molar-refractivity contribution in [2.75, 3.05) is 7.11 Å². The van der Waals surface area contributed by atoms with Crippen LogP contribution in [0.4, 0.5) is 0 Å². The Kier molecular flexibility index (Phi) is 7.18. The van der Waals surface area contributed by atoms with Crippen molar-refractivity contribution in [3.05, 3.63) is 87.4 Å². The molecule has 1 aromatic heterocycles. The summed E-state index contributed by atoms with van der Waals surface area (Å²) in [5.74, 6) is 0.497. The first-order chi connectivity index (χ1) is 15.9. The molecule has 33 heavy (non-hydrogen) atoms. The van der Waals surface area contributed by atoms with Crippen molar-refractivity contribution in [1.29, 1.82) is 0 Å². The van der Waals surface area contributed by atoms with E-state index >= 15 is 0 Å². The highest BCUT2D eigenvalue weighted by molar-refractivity contribution is 6.36. The number of carbonyl (C=O) groups is 1. The monoisotopic (exact) mass is 500 g/mol. The second-order valence-electron chi connectivity index (χ2n) is 7.19. The Morgan fingerprint density at radius 1 is 0.939 bits per heavy atom. The number of halogens is 3. The molecule has 0 fully saturated rings. The summed E-state index contributed by atoms with van der Waals surface area (Å²) in [7, 11) is 1.60. The Morgan fingerprint density at radius 3 is 2.39 bits per heavy atom. The molecule has 0 aliphatic heterocycles. The molecule has 1 amide bonds. The van der Waals surface area contributed by atoms with Crippen molar-refractivity contribution in [2.24, 2.45) is 0 Å². The molecule has 1 heterocycles. The molecule has 4 aromatic rings. The molecule has 1 N–H and O–H groups in total. The fraction of sp³-hybridized carbons (Fsp3) is 0.125. The molecule has 0 saturated carbocycles. The van der Waals surface area contributed by atoms with Gasteiger partial charge in [0.2, 0.25) is 5.91 Å². The maximum Gasteiger partial charge on any atom is 0.243 e. The van der Waals surface area contributed by atoms with Crippen LogP contribution in [-0.4, -0.2) is 28.0 Å². The number of ether oxygens (including phenoxy) is 1. The van der Waals surface area contributed by atoms with Gasteiger partial charge in [-0.25, -0.2) is 0 Å². The molecular formula is C24H19Cl3N4O2. The Hall–Kier alpha value is -3.06. The van der Waals surface area contributed by atoms with Crippen molar-refractivity contribution in [3.63, 3.8) is 0 Å². The number of benzene rings is 3. The first kappa shape index (κ1) is 23.1. The summed E-state index contributed by atoms with van der Waals surface area (Å²) in [6, 6.07) is 19.9. The molecule has 6 nitrogen and oxygen atoms in total. The van der Waals surface area contributed by atoms with E-state index in [-0.39, 0.29) is 12.5 Å². The summed E-state index contributed by atoms with van der Waals surface area (Å²) in [4.78, 5) is 13.9. The van der Waals surface area contributed by atoms with E-state index in [0.29, 0.717) is 38.6 Å². The van der Waals surface area contributed by atoms with E-state index < -0.39 is 0 Å². The lowest BCUT2D eigenvalue weighted by Gasteiger charge is -2.06. The molecule has 0 radical (unpaired) electrons. The average molecular weight is 502 g/mol. The first-order valence-electron chi connectivity index (χ1n) is 9.99. The lowest BCUT2D eigenvalue weighted by Crippen LogP contribution is -2.28. The Labute approximate surface area is 206 Å². The number of carbonyl (C=O) groups excluding carboxylic acids is 1. The first-order valence-corrected chi connectivity index (χ1v) is 11.1. The summed E-state index contributed by atoms with van der Waals surface area (Å²) in [6.07, 6.45) is 0. The van der Waals surface area contributed by atoms with Crippen LogP contribution in [0.2, 0.25) is 15.1 Å². The van der Waals surface area contributed by atoms with E-state index in [0.717, 1.165) is 16.9 Å². The Balaban J connectivity index is 1.59.